The Labute approximate surface area is 153 Å². The van der Waals surface area contributed by atoms with Crippen molar-refractivity contribution in [3.8, 4) is 11.4 Å². The molecule has 0 radical (unpaired) electrons. The molecule has 0 spiro atoms. The molecule has 1 saturated heterocycles. The molecule has 1 aliphatic heterocycles. The van der Waals surface area contributed by atoms with Crippen LogP contribution in [0.2, 0.25) is 0 Å². The van der Waals surface area contributed by atoms with Gasteiger partial charge in [-0.05, 0) is 25.0 Å². The molecule has 0 atom stereocenters. The zero-order chi connectivity index (χ0) is 19.4. The van der Waals surface area contributed by atoms with E-state index in [0.29, 0.717) is 31.5 Å². The van der Waals surface area contributed by atoms with Crippen molar-refractivity contribution in [2.45, 2.75) is 25.1 Å². The first-order valence-electron chi connectivity index (χ1n) is 8.45. The van der Waals surface area contributed by atoms with Gasteiger partial charge in [0.15, 0.2) is 11.5 Å². The second-order valence-corrected chi connectivity index (χ2v) is 6.36. The van der Waals surface area contributed by atoms with E-state index >= 15 is 0 Å². The van der Waals surface area contributed by atoms with Crippen LogP contribution in [0.5, 0.6) is 0 Å². The van der Waals surface area contributed by atoms with Gasteiger partial charge in [0.1, 0.15) is 5.82 Å². The monoisotopic (exact) mass is 380 g/mol. The van der Waals surface area contributed by atoms with Crippen LogP contribution in [0.3, 0.4) is 0 Å². The van der Waals surface area contributed by atoms with Gasteiger partial charge < -0.3 is 11.1 Å². The first-order valence-corrected chi connectivity index (χ1v) is 8.45. The number of alkyl halides is 3. The number of amides is 1. The van der Waals surface area contributed by atoms with Crippen LogP contribution in [0, 0.1) is 0 Å². The Kier molecular flexibility index (Phi) is 5.54. The van der Waals surface area contributed by atoms with Crippen LogP contribution in [0.25, 0.3) is 11.4 Å². The third-order valence-electron chi connectivity index (χ3n) is 4.27. The maximum absolute atomic E-state index is 13.2. The van der Waals surface area contributed by atoms with Gasteiger partial charge >= 0.3 is 6.18 Å². The highest BCUT2D eigenvalue weighted by Gasteiger charge is 2.34. The molecule has 0 bridgehead atoms. The summed E-state index contributed by atoms with van der Waals surface area (Å²) in [6.07, 6.45) is -0.292. The lowest BCUT2D eigenvalue weighted by molar-refractivity contribution is -0.141. The van der Waals surface area contributed by atoms with Crippen LogP contribution in [0.15, 0.2) is 30.6 Å². The van der Waals surface area contributed by atoms with Crippen molar-refractivity contribution in [3.63, 3.8) is 0 Å². The molecular weight excluding hydrogens is 361 g/mol. The van der Waals surface area contributed by atoms with Crippen molar-refractivity contribution in [2.24, 2.45) is 5.73 Å². The summed E-state index contributed by atoms with van der Waals surface area (Å²) in [5.74, 6) is -0.285. The molecule has 2 aromatic rings. The van der Waals surface area contributed by atoms with E-state index in [0.717, 1.165) is 6.07 Å². The number of hydrogen-bond donors (Lipinski definition) is 2. The number of primary amides is 1. The van der Waals surface area contributed by atoms with Gasteiger partial charge in [0, 0.05) is 43.2 Å². The Hall–Kier alpha value is -2.75. The van der Waals surface area contributed by atoms with E-state index in [1.807, 2.05) is 4.90 Å². The van der Waals surface area contributed by atoms with Crippen molar-refractivity contribution in [3.05, 3.63) is 36.3 Å². The van der Waals surface area contributed by atoms with Gasteiger partial charge in [0.05, 0.1) is 6.54 Å². The number of carbonyl (C=O) groups is 1. The summed E-state index contributed by atoms with van der Waals surface area (Å²) < 4.78 is 39.7. The van der Waals surface area contributed by atoms with Gasteiger partial charge in [0.2, 0.25) is 5.91 Å². The van der Waals surface area contributed by atoms with Crippen molar-refractivity contribution in [2.75, 3.05) is 25.0 Å². The minimum Gasteiger partial charge on any atom is -0.369 e. The Balaban J connectivity index is 1.78. The van der Waals surface area contributed by atoms with E-state index in [-0.39, 0.29) is 24.2 Å². The lowest BCUT2D eigenvalue weighted by atomic mass is 10.0. The fourth-order valence-electron chi connectivity index (χ4n) is 2.96. The van der Waals surface area contributed by atoms with E-state index in [2.05, 4.69) is 20.3 Å². The number of aromatic nitrogens is 3. The van der Waals surface area contributed by atoms with E-state index in [9.17, 15) is 18.0 Å². The summed E-state index contributed by atoms with van der Waals surface area (Å²) in [6, 6.07) is 3.99. The van der Waals surface area contributed by atoms with Crippen LogP contribution in [-0.2, 0) is 11.0 Å². The topological polar surface area (TPSA) is 97.0 Å². The molecule has 1 aliphatic rings. The summed E-state index contributed by atoms with van der Waals surface area (Å²) in [6.45, 7) is 1.45. The molecule has 0 aromatic carbocycles. The number of pyridine rings is 1. The molecule has 3 rings (SSSR count). The molecule has 0 saturated carbocycles. The Bertz CT molecular complexity index is 791. The smallest absolute Gasteiger partial charge is 0.369 e. The zero-order valence-corrected chi connectivity index (χ0v) is 14.4. The van der Waals surface area contributed by atoms with Crippen LogP contribution < -0.4 is 11.1 Å². The second-order valence-electron chi connectivity index (χ2n) is 6.36. The van der Waals surface area contributed by atoms with E-state index < -0.39 is 17.8 Å². The van der Waals surface area contributed by atoms with Crippen molar-refractivity contribution in [1.29, 1.82) is 0 Å². The number of nitrogens with one attached hydrogen (secondary N) is 1. The molecule has 1 fully saturated rings. The summed E-state index contributed by atoms with van der Waals surface area (Å²) in [5, 5.41) is 3.07. The quantitative estimate of drug-likeness (QED) is 0.823. The van der Waals surface area contributed by atoms with Gasteiger partial charge in [0.25, 0.3) is 0 Å². The van der Waals surface area contributed by atoms with Crippen LogP contribution in [-0.4, -0.2) is 51.4 Å². The third kappa shape index (κ3) is 5.13. The van der Waals surface area contributed by atoms with E-state index in [1.54, 1.807) is 12.1 Å². The highest BCUT2D eigenvalue weighted by molar-refractivity contribution is 5.75. The normalized spacial score (nSPS) is 16.3. The highest BCUT2D eigenvalue weighted by atomic mass is 19.4. The fourth-order valence-corrected chi connectivity index (χ4v) is 2.96. The van der Waals surface area contributed by atoms with Crippen LogP contribution in [0.1, 0.15) is 18.5 Å². The van der Waals surface area contributed by atoms with Crippen LogP contribution in [0.4, 0.5) is 19.0 Å². The number of anilines is 1. The van der Waals surface area contributed by atoms with Gasteiger partial charge in [-0.25, -0.2) is 9.97 Å². The molecule has 0 aliphatic carbocycles. The number of piperidine rings is 1. The molecule has 0 unspecified atom stereocenters. The Morgan fingerprint density at radius 2 is 1.89 bits per heavy atom. The van der Waals surface area contributed by atoms with Crippen molar-refractivity contribution in [1.82, 2.24) is 19.9 Å². The fraction of sp³-hybridized carbons (Fsp3) is 0.412. The summed E-state index contributed by atoms with van der Waals surface area (Å²) in [4.78, 5) is 24.6. The van der Waals surface area contributed by atoms with Crippen LogP contribution >= 0.6 is 0 Å². The Morgan fingerprint density at radius 3 is 2.48 bits per heavy atom. The predicted octanol–water partition coefficient (Wildman–Crippen LogP) is 1.92. The summed E-state index contributed by atoms with van der Waals surface area (Å²) >= 11 is 0. The molecule has 10 heteroatoms. The number of halogens is 3. The lowest BCUT2D eigenvalue weighted by Crippen LogP contribution is -2.43. The molecule has 27 heavy (non-hydrogen) atoms. The minimum atomic E-state index is -4.58. The maximum atomic E-state index is 13.2. The highest BCUT2D eigenvalue weighted by Crippen LogP contribution is 2.31. The molecule has 7 nitrogen and oxygen atoms in total. The maximum Gasteiger partial charge on any atom is 0.433 e. The Morgan fingerprint density at radius 1 is 1.22 bits per heavy atom. The van der Waals surface area contributed by atoms with Gasteiger partial charge in [-0.3, -0.25) is 14.7 Å². The first kappa shape index (κ1) is 19.0. The molecule has 144 valence electrons. The van der Waals surface area contributed by atoms with Gasteiger partial charge in [-0.1, -0.05) is 0 Å². The van der Waals surface area contributed by atoms with Gasteiger partial charge in [-0.15, -0.1) is 0 Å². The third-order valence-corrected chi connectivity index (χ3v) is 4.27. The summed E-state index contributed by atoms with van der Waals surface area (Å²) in [7, 11) is 0. The van der Waals surface area contributed by atoms with E-state index in [4.69, 9.17) is 5.73 Å². The number of nitrogens with zero attached hydrogens (tertiary/aromatic N) is 4. The average molecular weight is 380 g/mol. The SMILES string of the molecule is NC(=O)CN1CCC(Nc2cc(C(F)(F)F)nc(-c3ccncc3)n2)CC1. The zero-order valence-electron chi connectivity index (χ0n) is 14.4. The number of carbonyl (C=O) groups excluding carboxylic acids is 1. The number of likely N-dealkylation sites (tertiary alicyclic amines) is 1. The van der Waals surface area contributed by atoms with Gasteiger partial charge in [-0.2, -0.15) is 13.2 Å². The van der Waals surface area contributed by atoms with Crippen molar-refractivity contribution < 1.29 is 18.0 Å². The number of rotatable bonds is 5. The minimum absolute atomic E-state index is 0.0131. The number of nitrogens with two attached hydrogens (primary N) is 1. The molecule has 2 aromatic heterocycles. The largest absolute Gasteiger partial charge is 0.433 e. The lowest BCUT2D eigenvalue weighted by Gasteiger charge is -2.31. The molecule has 3 heterocycles. The standard InChI is InChI=1S/C17H19F3N6O/c18-17(19,20)13-9-15(25-16(24-13)11-1-5-22-6-2-11)23-12-3-7-26(8-4-12)10-14(21)27/h1-2,5-6,9,12H,3-4,7-8,10H2,(H2,21,27)(H,23,24,25). The average Bonchev–Trinajstić information content (AvgIpc) is 2.63. The first-order chi connectivity index (χ1) is 12.8. The number of hydrogen-bond acceptors (Lipinski definition) is 6. The van der Waals surface area contributed by atoms with E-state index in [1.165, 1.54) is 12.4 Å². The second kappa shape index (κ2) is 7.87. The van der Waals surface area contributed by atoms with Crippen molar-refractivity contribution >= 4 is 11.7 Å². The predicted molar refractivity (Wildman–Crippen MR) is 92.5 cm³/mol. The molecular formula is C17H19F3N6O. The summed E-state index contributed by atoms with van der Waals surface area (Å²) in [5.41, 5.74) is 4.64. The molecule has 3 N–H and O–H groups in total. The molecule has 1 amide bonds.